The minimum atomic E-state index is -0.296. The fraction of sp³-hybridized carbons (Fsp3) is 0.500. The van der Waals surface area contributed by atoms with E-state index in [9.17, 15) is 9.90 Å². The maximum absolute atomic E-state index is 11.9. The number of halogens is 1. The molecule has 0 saturated heterocycles. The maximum Gasteiger partial charge on any atom is 0.255 e. The van der Waals surface area contributed by atoms with Gasteiger partial charge in [-0.2, -0.15) is 0 Å². The Balaban J connectivity index is 2.50. The normalized spacial score (nSPS) is 11.9. The van der Waals surface area contributed by atoms with Gasteiger partial charge in [0.25, 0.3) is 5.91 Å². The molecule has 0 radical (unpaired) electrons. The standard InChI is InChI=1S/C14H20ClNO3/c1-10(9-15)5-4-8-16-14(18)11-6-3-7-12(19-2)13(11)17/h3,6-7,10,17H,4-5,8-9H2,1-2H3,(H,16,18). The van der Waals surface area contributed by atoms with Crippen LogP contribution in [0.25, 0.3) is 0 Å². The minimum absolute atomic E-state index is 0.128. The van der Waals surface area contributed by atoms with E-state index in [1.807, 2.05) is 0 Å². The molecule has 106 valence electrons. The van der Waals surface area contributed by atoms with Crippen LogP contribution in [0, 0.1) is 5.92 Å². The second-order valence-corrected chi connectivity index (χ2v) is 4.82. The Kier molecular flexibility index (Phi) is 6.50. The Labute approximate surface area is 118 Å². The highest BCUT2D eigenvalue weighted by molar-refractivity contribution is 6.18. The van der Waals surface area contributed by atoms with E-state index in [1.54, 1.807) is 18.2 Å². The van der Waals surface area contributed by atoms with Crippen molar-refractivity contribution in [1.82, 2.24) is 5.32 Å². The number of methoxy groups -OCH3 is 1. The van der Waals surface area contributed by atoms with Crippen molar-refractivity contribution in [2.24, 2.45) is 5.92 Å². The summed E-state index contributed by atoms with van der Waals surface area (Å²) in [6, 6.07) is 4.84. The van der Waals surface area contributed by atoms with E-state index in [2.05, 4.69) is 12.2 Å². The van der Waals surface area contributed by atoms with E-state index in [0.717, 1.165) is 12.8 Å². The van der Waals surface area contributed by atoms with Crippen molar-refractivity contribution < 1.29 is 14.6 Å². The highest BCUT2D eigenvalue weighted by Gasteiger charge is 2.14. The van der Waals surface area contributed by atoms with Gasteiger partial charge in [-0.05, 0) is 30.9 Å². The Morgan fingerprint density at radius 2 is 2.26 bits per heavy atom. The summed E-state index contributed by atoms with van der Waals surface area (Å²) < 4.78 is 4.96. The first kappa shape index (κ1) is 15.6. The largest absolute Gasteiger partial charge is 0.504 e. The molecule has 5 heteroatoms. The summed E-state index contributed by atoms with van der Waals surface area (Å²) >= 11 is 5.71. The van der Waals surface area contributed by atoms with Crippen molar-refractivity contribution in [3.63, 3.8) is 0 Å². The molecular weight excluding hydrogens is 266 g/mol. The smallest absolute Gasteiger partial charge is 0.255 e. The molecule has 1 rings (SSSR count). The minimum Gasteiger partial charge on any atom is -0.504 e. The predicted molar refractivity (Wildman–Crippen MR) is 76.1 cm³/mol. The van der Waals surface area contributed by atoms with Gasteiger partial charge in [0, 0.05) is 12.4 Å². The molecule has 0 heterocycles. The van der Waals surface area contributed by atoms with Crippen LogP contribution in [0.5, 0.6) is 11.5 Å². The zero-order chi connectivity index (χ0) is 14.3. The molecule has 0 aliphatic heterocycles. The molecule has 1 unspecified atom stereocenters. The lowest BCUT2D eigenvalue weighted by atomic mass is 10.1. The Hall–Kier alpha value is -1.42. The van der Waals surface area contributed by atoms with Crippen LogP contribution in [-0.2, 0) is 0 Å². The van der Waals surface area contributed by atoms with Crippen molar-refractivity contribution in [1.29, 1.82) is 0 Å². The number of aromatic hydroxyl groups is 1. The first-order chi connectivity index (χ1) is 9.10. The number of ether oxygens (including phenoxy) is 1. The van der Waals surface area contributed by atoms with Crippen LogP contribution >= 0.6 is 11.6 Å². The molecule has 0 aromatic heterocycles. The molecule has 1 aromatic carbocycles. The highest BCUT2D eigenvalue weighted by Crippen LogP contribution is 2.29. The quantitative estimate of drug-likeness (QED) is 0.598. The lowest BCUT2D eigenvalue weighted by molar-refractivity contribution is 0.0949. The van der Waals surface area contributed by atoms with Crippen molar-refractivity contribution in [2.45, 2.75) is 19.8 Å². The number of phenols is 1. The Morgan fingerprint density at radius 3 is 2.89 bits per heavy atom. The summed E-state index contributed by atoms with van der Waals surface area (Å²) in [5, 5.41) is 12.6. The number of hydrogen-bond donors (Lipinski definition) is 2. The van der Waals surface area contributed by atoms with Gasteiger partial charge in [0.2, 0.25) is 0 Å². The maximum atomic E-state index is 11.9. The number of nitrogens with one attached hydrogen (secondary N) is 1. The number of amides is 1. The average Bonchev–Trinajstić information content (AvgIpc) is 2.43. The number of carbonyl (C=O) groups is 1. The summed E-state index contributed by atoms with van der Waals surface area (Å²) in [4.78, 5) is 11.9. The van der Waals surface area contributed by atoms with Gasteiger partial charge < -0.3 is 15.2 Å². The zero-order valence-corrected chi connectivity index (χ0v) is 12.0. The number of benzene rings is 1. The SMILES string of the molecule is COc1cccc(C(=O)NCCCC(C)CCl)c1O. The molecule has 0 spiro atoms. The van der Waals surface area contributed by atoms with Gasteiger partial charge in [0.1, 0.15) is 0 Å². The molecule has 4 nitrogen and oxygen atoms in total. The molecule has 19 heavy (non-hydrogen) atoms. The molecule has 0 aliphatic carbocycles. The van der Waals surface area contributed by atoms with Crippen LogP contribution in [0.2, 0.25) is 0 Å². The third kappa shape index (κ3) is 4.63. The van der Waals surface area contributed by atoms with Crippen LogP contribution in [0.3, 0.4) is 0 Å². The van der Waals surface area contributed by atoms with Gasteiger partial charge in [-0.25, -0.2) is 0 Å². The van der Waals surface area contributed by atoms with E-state index in [4.69, 9.17) is 16.3 Å². The van der Waals surface area contributed by atoms with E-state index in [-0.39, 0.29) is 17.2 Å². The Morgan fingerprint density at radius 1 is 1.53 bits per heavy atom. The van der Waals surface area contributed by atoms with E-state index < -0.39 is 0 Å². The van der Waals surface area contributed by atoms with Crippen molar-refractivity contribution in [3.05, 3.63) is 23.8 Å². The molecule has 0 aliphatic rings. The first-order valence-corrected chi connectivity index (χ1v) is 6.83. The van der Waals surface area contributed by atoms with Gasteiger partial charge in [0.05, 0.1) is 12.7 Å². The van der Waals surface area contributed by atoms with Gasteiger partial charge in [-0.3, -0.25) is 4.79 Å². The molecule has 0 saturated carbocycles. The number of phenolic OH excluding ortho intramolecular Hbond substituents is 1. The topological polar surface area (TPSA) is 58.6 Å². The van der Waals surface area contributed by atoms with Crippen LogP contribution in [0.15, 0.2) is 18.2 Å². The number of para-hydroxylation sites is 1. The van der Waals surface area contributed by atoms with E-state index in [1.165, 1.54) is 7.11 Å². The van der Waals surface area contributed by atoms with Gasteiger partial charge >= 0.3 is 0 Å². The second-order valence-electron chi connectivity index (χ2n) is 4.51. The highest BCUT2D eigenvalue weighted by atomic mass is 35.5. The van der Waals surface area contributed by atoms with E-state index >= 15 is 0 Å². The molecule has 0 fully saturated rings. The number of alkyl halides is 1. The van der Waals surface area contributed by atoms with Gasteiger partial charge in [0.15, 0.2) is 11.5 Å². The summed E-state index contributed by atoms with van der Waals surface area (Å²) in [6.07, 6.45) is 1.83. The lowest BCUT2D eigenvalue weighted by Crippen LogP contribution is -2.25. The summed E-state index contributed by atoms with van der Waals surface area (Å²) in [5.74, 6) is 0.948. The zero-order valence-electron chi connectivity index (χ0n) is 11.3. The fourth-order valence-corrected chi connectivity index (χ4v) is 1.85. The summed E-state index contributed by atoms with van der Waals surface area (Å²) in [7, 11) is 1.45. The Bertz CT molecular complexity index is 423. The average molecular weight is 286 g/mol. The van der Waals surface area contributed by atoms with Crippen LogP contribution in [0.1, 0.15) is 30.1 Å². The molecule has 2 N–H and O–H groups in total. The van der Waals surface area contributed by atoms with E-state index in [0.29, 0.717) is 24.1 Å². The number of hydrogen-bond acceptors (Lipinski definition) is 3. The summed E-state index contributed by atoms with van der Waals surface area (Å²) in [6.45, 7) is 2.64. The fourth-order valence-electron chi connectivity index (χ4n) is 1.70. The number of rotatable bonds is 7. The molecule has 1 atom stereocenters. The number of carbonyl (C=O) groups excluding carboxylic acids is 1. The van der Waals surface area contributed by atoms with Gasteiger partial charge in [-0.1, -0.05) is 13.0 Å². The predicted octanol–water partition coefficient (Wildman–Crippen LogP) is 2.79. The van der Waals surface area contributed by atoms with Gasteiger partial charge in [-0.15, -0.1) is 11.6 Å². The molecular formula is C14H20ClNO3. The third-order valence-corrected chi connectivity index (χ3v) is 3.41. The van der Waals surface area contributed by atoms with Crippen molar-refractivity contribution in [3.8, 4) is 11.5 Å². The van der Waals surface area contributed by atoms with Crippen molar-refractivity contribution in [2.75, 3.05) is 19.5 Å². The van der Waals surface area contributed by atoms with Crippen LogP contribution in [0.4, 0.5) is 0 Å². The molecule has 1 aromatic rings. The van der Waals surface area contributed by atoms with Crippen molar-refractivity contribution >= 4 is 17.5 Å². The van der Waals surface area contributed by atoms with Crippen LogP contribution in [-0.4, -0.2) is 30.5 Å². The molecule has 1 amide bonds. The monoisotopic (exact) mass is 285 g/mol. The molecule has 0 bridgehead atoms. The van der Waals surface area contributed by atoms with Crippen LogP contribution < -0.4 is 10.1 Å². The third-order valence-electron chi connectivity index (χ3n) is 2.89. The second kappa shape index (κ2) is 7.89. The summed E-state index contributed by atoms with van der Waals surface area (Å²) in [5.41, 5.74) is 0.227. The lowest BCUT2D eigenvalue weighted by Gasteiger charge is -2.10. The first-order valence-electron chi connectivity index (χ1n) is 6.30.